The molecule has 0 unspecified atom stereocenters. The lowest BCUT2D eigenvalue weighted by Crippen LogP contribution is -2.42. The van der Waals surface area contributed by atoms with E-state index in [1.54, 1.807) is 4.90 Å². The SMILES string of the molecule is Cc1nnc(NC(=O)N2CCC(O)CC2)s1. The topological polar surface area (TPSA) is 78.4 Å². The van der Waals surface area contributed by atoms with Gasteiger partial charge in [0, 0.05) is 13.1 Å². The lowest BCUT2D eigenvalue weighted by molar-refractivity contribution is 0.0972. The van der Waals surface area contributed by atoms with Crippen LogP contribution in [0.3, 0.4) is 0 Å². The summed E-state index contributed by atoms with van der Waals surface area (Å²) in [6.45, 7) is 3.01. The van der Waals surface area contributed by atoms with E-state index in [9.17, 15) is 9.90 Å². The number of aromatic nitrogens is 2. The summed E-state index contributed by atoms with van der Waals surface area (Å²) in [6, 6.07) is -0.164. The Bertz CT molecular complexity index is 373. The zero-order valence-electron chi connectivity index (χ0n) is 9.01. The number of carbonyl (C=O) groups is 1. The van der Waals surface area contributed by atoms with Crippen LogP contribution in [0.25, 0.3) is 0 Å². The highest BCUT2D eigenvalue weighted by atomic mass is 32.1. The predicted molar refractivity (Wildman–Crippen MR) is 60.5 cm³/mol. The van der Waals surface area contributed by atoms with Gasteiger partial charge >= 0.3 is 6.03 Å². The summed E-state index contributed by atoms with van der Waals surface area (Å²) in [5.74, 6) is 0. The Morgan fingerprint density at radius 2 is 2.19 bits per heavy atom. The normalized spacial score (nSPS) is 17.5. The summed E-state index contributed by atoms with van der Waals surface area (Å²) >= 11 is 1.35. The molecule has 1 aromatic rings. The summed E-state index contributed by atoms with van der Waals surface area (Å²) in [7, 11) is 0. The molecule has 1 aliphatic rings. The summed E-state index contributed by atoms with van der Waals surface area (Å²) in [6.07, 6.45) is 1.01. The van der Waals surface area contributed by atoms with E-state index in [2.05, 4.69) is 15.5 Å². The first-order valence-electron chi connectivity index (χ1n) is 5.19. The largest absolute Gasteiger partial charge is 0.393 e. The number of aliphatic hydroxyl groups is 1. The van der Waals surface area contributed by atoms with E-state index in [0.717, 1.165) is 5.01 Å². The molecule has 88 valence electrons. The molecule has 2 N–H and O–H groups in total. The lowest BCUT2D eigenvalue weighted by atomic mass is 10.1. The molecular formula is C9H14N4O2S. The van der Waals surface area contributed by atoms with Gasteiger partial charge in [0.05, 0.1) is 6.10 Å². The second kappa shape index (κ2) is 4.75. The highest BCUT2D eigenvalue weighted by Gasteiger charge is 2.21. The summed E-state index contributed by atoms with van der Waals surface area (Å²) < 4.78 is 0. The number of urea groups is 1. The summed E-state index contributed by atoms with van der Waals surface area (Å²) in [5, 5.41) is 21.0. The Labute approximate surface area is 97.3 Å². The first-order valence-corrected chi connectivity index (χ1v) is 6.01. The third kappa shape index (κ3) is 2.67. The van der Waals surface area contributed by atoms with Crippen LogP contribution in [0.2, 0.25) is 0 Å². The van der Waals surface area contributed by atoms with Crippen LogP contribution in [-0.2, 0) is 0 Å². The van der Waals surface area contributed by atoms with Crippen molar-refractivity contribution in [3.8, 4) is 0 Å². The van der Waals surface area contributed by atoms with Crippen molar-refractivity contribution in [2.45, 2.75) is 25.9 Å². The number of anilines is 1. The van der Waals surface area contributed by atoms with Crippen molar-refractivity contribution in [3.63, 3.8) is 0 Å². The Morgan fingerprint density at radius 3 is 2.75 bits per heavy atom. The molecule has 0 radical (unpaired) electrons. The zero-order chi connectivity index (χ0) is 11.5. The quantitative estimate of drug-likeness (QED) is 0.764. The van der Waals surface area contributed by atoms with E-state index in [-0.39, 0.29) is 12.1 Å². The molecule has 1 aromatic heterocycles. The number of nitrogens with zero attached hydrogens (tertiary/aromatic N) is 3. The molecule has 1 aliphatic heterocycles. The van der Waals surface area contributed by atoms with Crippen molar-refractivity contribution in [1.82, 2.24) is 15.1 Å². The molecule has 16 heavy (non-hydrogen) atoms. The minimum atomic E-state index is -0.271. The van der Waals surface area contributed by atoms with Gasteiger partial charge in [-0.05, 0) is 19.8 Å². The zero-order valence-corrected chi connectivity index (χ0v) is 9.83. The Balaban J connectivity index is 1.88. The van der Waals surface area contributed by atoms with Crippen molar-refractivity contribution in [2.75, 3.05) is 18.4 Å². The fraction of sp³-hybridized carbons (Fsp3) is 0.667. The second-order valence-corrected chi connectivity index (χ2v) is 4.96. The number of hydrogen-bond acceptors (Lipinski definition) is 5. The van der Waals surface area contributed by atoms with Gasteiger partial charge in [-0.15, -0.1) is 10.2 Å². The second-order valence-electron chi connectivity index (χ2n) is 3.77. The average Bonchev–Trinajstić information content (AvgIpc) is 2.65. The van der Waals surface area contributed by atoms with E-state index < -0.39 is 0 Å². The van der Waals surface area contributed by atoms with Crippen LogP contribution in [-0.4, -0.2) is 45.4 Å². The highest BCUT2D eigenvalue weighted by Crippen LogP contribution is 2.16. The Morgan fingerprint density at radius 1 is 1.50 bits per heavy atom. The molecule has 6 nitrogen and oxygen atoms in total. The van der Waals surface area contributed by atoms with Gasteiger partial charge in [-0.3, -0.25) is 5.32 Å². The molecule has 2 rings (SSSR count). The van der Waals surface area contributed by atoms with Gasteiger partial charge in [0.1, 0.15) is 5.01 Å². The van der Waals surface area contributed by atoms with E-state index in [0.29, 0.717) is 31.1 Å². The van der Waals surface area contributed by atoms with E-state index in [1.165, 1.54) is 11.3 Å². The van der Waals surface area contributed by atoms with Gasteiger partial charge in [-0.2, -0.15) is 0 Å². The number of nitrogens with one attached hydrogen (secondary N) is 1. The van der Waals surface area contributed by atoms with Gasteiger partial charge < -0.3 is 10.0 Å². The van der Waals surface area contributed by atoms with Crippen LogP contribution in [0.5, 0.6) is 0 Å². The molecule has 0 spiro atoms. The van der Waals surface area contributed by atoms with E-state index >= 15 is 0 Å². The number of piperidine rings is 1. The van der Waals surface area contributed by atoms with Crippen LogP contribution in [0.15, 0.2) is 0 Å². The predicted octanol–water partition coefficient (Wildman–Crippen LogP) is 0.835. The fourth-order valence-corrected chi connectivity index (χ4v) is 2.17. The van der Waals surface area contributed by atoms with Gasteiger partial charge in [0.2, 0.25) is 5.13 Å². The number of carbonyl (C=O) groups excluding carboxylic acids is 1. The number of rotatable bonds is 1. The molecule has 1 saturated heterocycles. The van der Waals surface area contributed by atoms with Gasteiger partial charge in [0.25, 0.3) is 0 Å². The number of aliphatic hydroxyl groups excluding tert-OH is 1. The van der Waals surface area contributed by atoms with Crippen molar-refractivity contribution < 1.29 is 9.90 Å². The van der Waals surface area contributed by atoms with Crippen molar-refractivity contribution in [1.29, 1.82) is 0 Å². The fourth-order valence-electron chi connectivity index (χ4n) is 1.59. The first-order chi connectivity index (χ1) is 7.65. The lowest BCUT2D eigenvalue weighted by Gasteiger charge is -2.29. The van der Waals surface area contributed by atoms with Crippen LogP contribution >= 0.6 is 11.3 Å². The number of amides is 2. The molecule has 0 bridgehead atoms. The van der Waals surface area contributed by atoms with Crippen molar-refractivity contribution in [2.24, 2.45) is 0 Å². The van der Waals surface area contributed by atoms with Crippen LogP contribution in [0, 0.1) is 6.92 Å². The van der Waals surface area contributed by atoms with Crippen molar-refractivity contribution >= 4 is 22.5 Å². The summed E-state index contributed by atoms with van der Waals surface area (Å²) in [5.41, 5.74) is 0. The van der Waals surface area contributed by atoms with Gasteiger partial charge in [0.15, 0.2) is 0 Å². The molecule has 2 heterocycles. The maximum atomic E-state index is 11.8. The smallest absolute Gasteiger partial charge is 0.323 e. The standard InChI is InChI=1S/C9H14N4O2S/c1-6-11-12-8(16-6)10-9(15)13-4-2-7(14)3-5-13/h7,14H,2-5H2,1H3,(H,10,12,15). The molecule has 0 atom stereocenters. The minimum Gasteiger partial charge on any atom is -0.393 e. The number of aryl methyl sites for hydroxylation is 1. The maximum absolute atomic E-state index is 11.8. The van der Waals surface area contributed by atoms with E-state index in [1.807, 2.05) is 6.92 Å². The molecule has 2 amide bonds. The van der Waals surface area contributed by atoms with Crippen LogP contribution in [0.1, 0.15) is 17.8 Å². The maximum Gasteiger partial charge on any atom is 0.323 e. The van der Waals surface area contributed by atoms with Gasteiger partial charge in [-0.25, -0.2) is 4.79 Å². The van der Waals surface area contributed by atoms with Crippen molar-refractivity contribution in [3.05, 3.63) is 5.01 Å². The average molecular weight is 242 g/mol. The van der Waals surface area contributed by atoms with Crippen LogP contribution < -0.4 is 5.32 Å². The molecule has 0 aromatic carbocycles. The van der Waals surface area contributed by atoms with Crippen LogP contribution in [0.4, 0.5) is 9.93 Å². The van der Waals surface area contributed by atoms with E-state index in [4.69, 9.17) is 0 Å². The molecule has 1 fully saturated rings. The Hall–Kier alpha value is -1.21. The number of hydrogen-bond donors (Lipinski definition) is 2. The van der Waals surface area contributed by atoms with Gasteiger partial charge in [-0.1, -0.05) is 11.3 Å². The molecule has 0 saturated carbocycles. The highest BCUT2D eigenvalue weighted by molar-refractivity contribution is 7.15. The third-order valence-corrected chi connectivity index (χ3v) is 3.25. The number of likely N-dealkylation sites (tertiary alicyclic amines) is 1. The monoisotopic (exact) mass is 242 g/mol. The summed E-state index contributed by atoms with van der Waals surface area (Å²) in [4.78, 5) is 13.4. The third-order valence-electron chi connectivity index (χ3n) is 2.49. The Kier molecular flexibility index (Phi) is 3.35. The first kappa shape index (κ1) is 11.3. The molecule has 7 heteroatoms. The molecule has 0 aliphatic carbocycles. The molecular weight excluding hydrogens is 228 g/mol. The minimum absolute atomic E-state index is 0.164.